The average molecular weight is 492 g/mol. The minimum Gasteiger partial charge on any atom is -0.507 e. The average Bonchev–Trinajstić information content (AvgIpc) is 3.36. The molecule has 5 rings (SSSR count). The summed E-state index contributed by atoms with van der Waals surface area (Å²) in [5.74, 6) is -0.596. The monoisotopic (exact) mass is 491 g/mol. The number of fused-ring (bicyclic) bond motifs is 1. The number of hydrogen-bond acceptors (Lipinski definition) is 5. The molecule has 1 amide bonds. The van der Waals surface area contributed by atoms with E-state index in [1.165, 1.54) is 4.90 Å². The fourth-order valence-corrected chi connectivity index (χ4v) is 4.32. The molecule has 3 aromatic carbocycles. The number of aliphatic hydroxyl groups is 1. The number of nitrogens with zero attached hydrogens (tertiary/aromatic N) is 1. The molecule has 32 heavy (non-hydrogen) atoms. The maximum absolute atomic E-state index is 13.2. The van der Waals surface area contributed by atoms with Crippen LogP contribution in [-0.2, 0) is 9.59 Å². The van der Waals surface area contributed by atoms with Crippen LogP contribution in [0.25, 0.3) is 5.76 Å². The first-order chi connectivity index (χ1) is 15.4. The van der Waals surface area contributed by atoms with E-state index >= 15 is 0 Å². The molecule has 2 heterocycles. The number of aryl methyl sites for hydroxylation is 1. The van der Waals surface area contributed by atoms with Crippen molar-refractivity contribution in [2.45, 2.75) is 13.0 Å². The van der Waals surface area contributed by atoms with Gasteiger partial charge in [-0.05, 0) is 36.8 Å². The van der Waals surface area contributed by atoms with Crippen molar-refractivity contribution in [1.29, 1.82) is 0 Å². The van der Waals surface area contributed by atoms with Crippen LogP contribution in [0.15, 0.2) is 76.8 Å². The van der Waals surface area contributed by atoms with E-state index in [1.807, 2.05) is 31.2 Å². The lowest BCUT2D eigenvalue weighted by Crippen LogP contribution is -2.29. The van der Waals surface area contributed by atoms with Gasteiger partial charge in [-0.2, -0.15) is 0 Å². The van der Waals surface area contributed by atoms with Gasteiger partial charge in [-0.1, -0.05) is 57.9 Å². The van der Waals surface area contributed by atoms with E-state index in [-0.39, 0.29) is 18.1 Å². The van der Waals surface area contributed by atoms with Crippen LogP contribution >= 0.6 is 15.9 Å². The first-order valence-corrected chi connectivity index (χ1v) is 10.8. The lowest BCUT2D eigenvalue weighted by atomic mass is 9.94. The van der Waals surface area contributed by atoms with Gasteiger partial charge in [0.15, 0.2) is 11.5 Å². The number of hydrogen-bond donors (Lipinski definition) is 1. The van der Waals surface area contributed by atoms with E-state index in [0.29, 0.717) is 22.7 Å². The normalized spacial score (nSPS) is 18.9. The molecule has 0 saturated carbocycles. The number of anilines is 1. The Bertz CT molecular complexity index is 1280. The van der Waals surface area contributed by atoms with Gasteiger partial charge in [-0.3, -0.25) is 14.5 Å². The van der Waals surface area contributed by atoms with Gasteiger partial charge in [-0.25, -0.2) is 0 Å². The van der Waals surface area contributed by atoms with E-state index in [0.717, 1.165) is 15.6 Å². The Morgan fingerprint density at radius 1 is 1.00 bits per heavy atom. The third kappa shape index (κ3) is 3.35. The minimum absolute atomic E-state index is 0.0422. The first-order valence-electron chi connectivity index (χ1n) is 9.97. The third-order valence-corrected chi connectivity index (χ3v) is 6.08. The van der Waals surface area contributed by atoms with Gasteiger partial charge in [0, 0.05) is 21.8 Å². The molecule has 1 unspecified atom stereocenters. The van der Waals surface area contributed by atoms with Crippen LogP contribution in [0.2, 0.25) is 0 Å². The van der Waals surface area contributed by atoms with Crippen LogP contribution < -0.4 is 14.4 Å². The summed E-state index contributed by atoms with van der Waals surface area (Å²) in [5, 5.41) is 11.1. The molecule has 0 spiro atoms. The SMILES string of the molecule is Cc1cccc(C2/C(=C(\O)c3ccc(Br)cc3)C(=O)C(=O)N2c2ccc3c(c2)OCO3)c1. The largest absolute Gasteiger partial charge is 0.507 e. The maximum atomic E-state index is 13.2. The van der Waals surface area contributed by atoms with Gasteiger partial charge in [0.2, 0.25) is 6.79 Å². The number of ether oxygens (including phenoxy) is 2. The van der Waals surface area contributed by atoms with Crippen molar-refractivity contribution in [1.82, 2.24) is 0 Å². The van der Waals surface area contributed by atoms with Gasteiger partial charge in [0.25, 0.3) is 11.7 Å². The summed E-state index contributed by atoms with van der Waals surface area (Å²) in [4.78, 5) is 27.8. The molecular weight excluding hydrogens is 474 g/mol. The van der Waals surface area contributed by atoms with Crippen LogP contribution in [0.4, 0.5) is 5.69 Å². The summed E-state index contributed by atoms with van der Waals surface area (Å²) in [6, 6.07) is 18.8. The molecule has 1 atom stereocenters. The Morgan fingerprint density at radius 3 is 2.50 bits per heavy atom. The molecule has 3 aromatic rings. The summed E-state index contributed by atoms with van der Waals surface area (Å²) in [6.45, 7) is 2.04. The van der Waals surface area contributed by atoms with Crippen LogP contribution in [0, 0.1) is 6.92 Å². The Morgan fingerprint density at radius 2 is 1.75 bits per heavy atom. The van der Waals surface area contributed by atoms with E-state index in [2.05, 4.69) is 15.9 Å². The number of rotatable bonds is 3. The highest BCUT2D eigenvalue weighted by atomic mass is 79.9. The van der Waals surface area contributed by atoms with E-state index < -0.39 is 17.7 Å². The smallest absolute Gasteiger partial charge is 0.300 e. The van der Waals surface area contributed by atoms with Gasteiger partial charge in [0.05, 0.1) is 11.6 Å². The predicted octanol–water partition coefficient (Wildman–Crippen LogP) is 5.11. The Balaban J connectivity index is 1.71. The predicted molar refractivity (Wildman–Crippen MR) is 123 cm³/mol. The minimum atomic E-state index is -0.793. The number of aliphatic hydroxyl groups excluding tert-OH is 1. The lowest BCUT2D eigenvalue weighted by Gasteiger charge is -2.26. The number of ketones is 1. The quantitative estimate of drug-likeness (QED) is 0.313. The lowest BCUT2D eigenvalue weighted by molar-refractivity contribution is -0.132. The number of amides is 1. The van der Waals surface area contributed by atoms with Crippen LogP contribution in [0.3, 0.4) is 0 Å². The van der Waals surface area contributed by atoms with Crippen molar-refractivity contribution in [3.8, 4) is 11.5 Å². The number of halogens is 1. The maximum Gasteiger partial charge on any atom is 0.300 e. The van der Waals surface area contributed by atoms with Crippen molar-refractivity contribution in [2.75, 3.05) is 11.7 Å². The highest BCUT2D eigenvalue weighted by Gasteiger charge is 2.47. The number of Topliss-reactive ketones (excluding diaryl/α,β-unsaturated/α-hetero) is 1. The van der Waals surface area contributed by atoms with Crippen molar-refractivity contribution in [3.63, 3.8) is 0 Å². The van der Waals surface area contributed by atoms with Crippen LogP contribution in [0.5, 0.6) is 11.5 Å². The number of carbonyl (C=O) groups excluding carboxylic acids is 2. The number of carbonyl (C=O) groups is 2. The molecular formula is C25H18BrNO5. The second-order valence-corrected chi connectivity index (χ2v) is 8.54. The zero-order chi connectivity index (χ0) is 22.4. The molecule has 1 N–H and O–H groups in total. The molecule has 0 radical (unpaired) electrons. The second kappa shape index (κ2) is 7.84. The Labute approximate surface area is 192 Å². The summed E-state index contributed by atoms with van der Waals surface area (Å²) < 4.78 is 11.7. The van der Waals surface area contributed by atoms with E-state index in [9.17, 15) is 14.7 Å². The molecule has 2 aliphatic heterocycles. The van der Waals surface area contributed by atoms with Gasteiger partial charge >= 0.3 is 0 Å². The topological polar surface area (TPSA) is 76.1 Å². The van der Waals surface area contributed by atoms with Gasteiger partial charge in [0.1, 0.15) is 5.76 Å². The molecule has 0 bridgehead atoms. The van der Waals surface area contributed by atoms with Gasteiger partial charge < -0.3 is 14.6 Å². The summed E-state index contributed by atoms with van der Waals surface area (Å²) in [5.41, 5.74) is 2.68. The third-order valence-electron chi connectivity index (χ3n) is 5.55. The Hall–Kier alpha value is -3.58. The zero-order valence-corrected chi connectivity index (χ0v) is 18.6. The molecule has 1 saturated heterocycles. The standard InChI is InChI=1S/C25H18BrNO5/c1-14-3-2-4-16(11-14)22-21(23(28)15-5-7-17(26)8-6-15)24(29)25(30)27(22)18-9-10-19-20(12-18)32-13-31-19/h2-12,22,28H,13H2,1H3/b23-21+. The summed E-state index contributed by atoms with van der Waals surface area (Å²) >= 11 is 3.37. The molecule has 1 fully saturated rings. The van der Waals surface area contributed by atoms with Crippen molar-refractivity contribution >= 4 is 39.1 Å². The molecule has 6 nitrogen and oxygen atoms in total. The molecule has 0 aromatic heterocycles. The summed E-state index contributed by atoms with van der Waals surface area (Å²) in [6.07, 6.45) is 0. The van der Waals surface area contributed by atoms with Crippen molar-refractivity contribution in [2.24, 2.45) is 0 Å². The zero-order valence-electron chi connectivity index (χ0n) is 17.0. The first kappa shape index (κ1) is 20.3. The van der Waals surface area contributed by atoms with E-state index in [1.54, 1.807) is 42.5 Å². The fraction of sp³-hybridized carbons (Fsp3) is 0.120. The second-order valence-electron chi connectivity index (χ2n) is 7.63. The van der Waals surface area contributed by atoms with E-state index in [4.69, 9.17) is 9.47 Å². The molecule has 2 aliphatic rings. The molecule has 7 heteroatoms. The van der Waals surface area contributed by atoms with Crippen molar-refractivity contribution < 1.29 is 24.2 Å². The highest BCUT2D eigenvalue weighted by Crippen LogP contribution is 2.45. The highest BCUT2D eigenvalue weighted by molar-refractivity contribution is 9.10. The molecule has 160 valence electrons. The van der Waals surface area contributed by atoms with Crippen molar-refractivity contribution in [3.05, 3.63) is 93.5 Å². The molecule has 0 aliphatic carbocycles. The number of benzene rings is 3. The summed E-state index contributed by atoms with van der Waals surface area (Å²) in [7, 11) is 0. The van der Waals surface area contributed by atoms with Gasteiger partial charge in [-0.15, -0.1) is 0 Å². The fourth-order valence-electron chi connectivity index (χ4n) is 4.05. The Kier molecular flexibility index (Phi) is 4.98. The van der Waals surface area contributed by atoms with Crippen LogP contribution in [-0.4, -0.2) is 23.6 Å². The van der Waals surface area contributed by atoms with Crippen LogP contribution in [0.1, 0.15) is 22.7 Å².